The molecule has 1 aromatic heterocycles. The number of hydrogen-bond acceptors (Lipinski definition) is 5. The molecule has 7 nitrogen and oxygen atoms in total. The zero-order valence-corrected chi connectivity index (χ0v) is 11.3. The first-order valence-electron chi connectivity index (χ1n) is 6.14. The van der Waals surface area contributed by atoms with Crippen molar-refractivity contribution in [1.29, 1.82) is 0 Å². The fraction of sp³-hybridized carbons (Fsp3) is 0.583. The first-order valence-corrected chi connectivity index (χ1v) is 6.14. The number of rotatable bonds is 7. The Kier molecular flexibility index (Phi) is 6.01. The molecular weight excluding hydrogens is 248 g/mol. The average molecular weight is 268 g/mol. The van der Waals surface area contributed by atoms with Crippen molar-refractivity contribution in [2.45, 2.75) is 19.4 Å². The van der Waals surface area contributed by atoms with Crippen LogP contribution in [0.4, 0.5) is 0 Å². The molecule has 2 N–H and O–H groups in total. The minimum atomic E-state index is -0.244. The van der Waals surface area contributed by atoms with Crippen LogP contribution in [-0.4, -0.2) is 47.8 Å². The van der Waals surface area contributed by atoms with E-state index in [0.717, 1.165) is 0 Å². The number of carbonyl (C=O) groups excluding carboxylic acids is 1. The Morgan fingerprint density at radius 2 is 2.26 bits per heavy atom. The fourth-order valence-corrected chi connectivity index (χ4v) is 1.44. The second-order valence-electron chi connectivity index (χ2n) is 4.28. The first-order chi connectivity index (χ1) is 9.04. The van der Waals surface area contributed by atoms with E-state index in [-0.39, 0.29) is 11.5 Å². The van der Waals surface area contributed by atoms with Crippen LogP contribution in [0.2, 0.25) is 0 Å². The van der Waals surface area contributed by atoms with E-state index >= 15 is 0 Å². The average Bonchev–Trinajstić information content (AvgIpc) is 2.38. The number of nitrogens with two attached hydrogens (primary N) is 1. The lowest BCUT2D eigenvalue weighted by Crippen LogP contribution is -2.25. The quantitative estimate of drug-likeness (QED) is 0.716. The van der Waals surface area contributed by atoms with Crippen LogP contribution in [0.5, 0.6) is 5.75 Å². The van der Waals surface area contributed by atoms with Gasteiger partial charge >= 0.3 is 0 Å². The van der Waals surface area contributed by atoms with E-state index in [1.807, 2.05) is 0 Å². The molecule has 1 aromatic rings. The SMILES string of the molecule is CN(C)C(=O)CCCn1ncc(OCCN)cc1=O. The summed E-state index contributed by atoms with van der Waals surface area (Å²) < 4.78 is 6.52. The summed E-state index contributed by atoms with van der Waals surface area (Å²) in [6.45, 7) is 1.15. The third-order valence-corrected chi connectivity index (χ3v) is 2.49. The monoisotopic (exact) mass is 268 g/mol. The molecule has 0 unspecified atom stereocenters. The van der Waals surface area contributed by atoms with Crippen molar-refractivity contribution in [3.05, 3.63) is 22.6 Å². The molecule has 0 atom stereocenters. The molecule has 1 heterocycles. The van der Waals surface area contributed by atoms with Gasteiger partial charge in [-0.1, -0.05) is 0 Å². The van der Waals surface area contributed by atoms with Crippen molar-refractivity contribution in [3.8, 4) is 5.75 Å². The Morgan fingerprint density at radius 3 is 2.84 bits per heavy atom. The van der Waals surface area contributed by atoms with Gasteiger partial charge in [-0.05, 0) is 6.42 Å². The maximum Gasteiger partial charge on any atom is 0.270 e. The zero-order valence-electron chi connectivity index (χ0n) is 11.3. The van der Waals surface area contributed by atoms with Gasteiger partial charge in [0, 0.05) is 39.7 Å². The Hall–Kier alpha value is -1.89. The van der Waals surface area contributed by atoms with Gasteiger partial charge in [0.1, 0.15) is 12.4 Å². The van der Waals surface area contributed by atoms with Crippen LogP contribution in [0.1, 0.15) is 12.8 Å². The van der Waals surface area contributed by atoms with E-state index in [0.29, 0.717) is 38.3 Å². The number of ether oxygens (including phenoxy) is 1. The zero-order chi connectivity index (χ0) is 14.3. The van der Waals surface area contributed by atoms with Crippen LogP contribution in [0.15, 0.2) is 17.1 Å². The van der Waals surface area contributed by atoms with E-state index in [1.54, 1.807) is 14.1 Å². The van der Waals surface area contributed by atoms with Gasteiger partial charge in [-0.15, -0.1) is 0 Å². The second-order valence-corrected chi connectivity index (χ2v) is 4.28. The number of aromatic nitrogens is 2. The van der Waals surface area contributed by atoms with Crippen LogP contribution >= 0.6 is 0 Å². The predicted octanol–water partition coefficient (Wildman–Crippen LogP) is -0.551. The Balaban J connectivity index is 2.51. The molecule has 1 rings (SSSR count). The largest absolute Gasteiger partial charge is 0.490 e. The molecule has 0 spiro atoms. The van der Waals surface area contributed by atoms with Crippen LogP contribution in [0, 0.1) is 0 Å². The summed E-state index contributed by atoms with van der Waals surface area (Å²) in [7, 11) is 3.41. The molecule has 0 saturated heterocycles. The molecule has 0 aliphatic carbocycles. The van der Waals surface area contributed by atoms with E-state index in [1.165, 1.54) is 21.8 Å². The Labute approximate surface area is 112 Å². The first kappa shape index (κ1) is 15.2. The molecule has 0 fully saturated rings. The standard InChI is InChI=1S/C12H20N4O3/c1-15(2)11(17)4-3-6-16-12(18)8-10(9-14-16)19-7-5-13/h8-9H,3-7,13H2,1-2H3. The van der Waals surface area contributed by atoms with Gasteiger partial charge in [0.15, 0.2) is 0 Å². The van der Waals surface area contributed by atoms with Crippen molar-refractivity contribution in [2.75, 3.05) is 27.2 Å². The molecule has 19 heavy (non-hydrogen) atoms. The maximum absolute atomic E-state index is 11.7. The van der Waals surface area contributed by atoms with Crippen LogP contribution in [0.25, 0.3) is 0 Å². The predicted molar refractivity (Wildman–Crippen MR) is 71.0 cm³/mol. The number of amides is 1. The van der Waals surface area contributed by atoms with Crippen LogP contribution in [0.3, 0.4) is 0 Å². The summed E-state index contributed by atoms with van der Waals surface area (Å²) in [6.07, 6.45) is 2.45. The number of aryl methyl sites for hydroxylation is 1. The van der Waals surface area contributed by atoms with Crippen molar-refractivity contribution in [2.24, 2.45) is 5.73 Å². The van der Waals surface area contributed by atoms with Gasteiger partial charge in [-0.3, -0.25) is 9.59 Å². The third-order valence-electron chi connectivity index (χ3n) is 2.49. The summed E-state index contributed by atoms with van der Waals surface area (Å²) in [5.41, 5.74) is 5.05. The van der Waals surface area contributed by atoms with Crippen molar-refractivity contribution in [1.82, 2.24) is 14.7 Å². The van der Waals surface area contributed by atoms with Crippen molar-refractivity contribution >= 4 is 5.91 Å². The highest BCUT2D eigenvalue weighted by Crippen LogP contribution is 2.03. The van der Waals surface area contributed by atoms with Crippen molar-refractivity contribution in [3.63, 3.8) is 0 Å². The lowest BCUT2D eigenvalue weighted by atomic mass is 10.3. The van der Waals surface area contributed by atoms with E-state index in [2.05, 4.69) is 5.10 Å². The summed E-state index contributed by atoms with van der Waals surface area (Å²) in [6, 6.07) is 1.37. The van der Waals surface area contributed by atoms with E-state index in [9.17, 15) is 9.59 Å². The number of hydrogen-bond donors (Lipinski definition) is 1. The molecule has 0 aromatic carbocycles. The smallest absolute Gasteiger partial charge is 0.270 e. The molecule has 0 bridgehead atoms. The highest BCUT2D eigenvalue weighted by Gasteiger charge is 2.05. The highest BCUT2D eigenvalue weighted by atomic mass is 16.5. The van der Waals surface area contributed by atoms with Crippen LogP contribution in [-0.2, 0) is 11.3 Å². The minimum Gasteiger partial charge on any atom is -0.490 e. The minimum absolute atomic E-state index is 0.0379. The Bertz CT molecular complexity index is 470. The summed E-state index contributed by atoms with van der Waals surface area (Å²) >= 11 is 0. The van der Waals surface area contributed by atoms with Crippen molar-refractivity contribution < 1.29 is 9.53 Å². The lowest BCUT2D eigenvalue weighted by molar-refractivity contribution is -0.128. The lowest BCUT2D eigenvalue weighted by Gasteiger charge is -2.10. The molecule has 106 valence electrons. The molecule has 0 saturated carbocycles. The van der Waals surface area contributed by atoms with Gasteiger partial charge in [0.25, 0.3) is 5.56 Å². The number of nitrogens with zero attached hydrogens (tertiary/aromatic N) is 3. The Morgan fingerprint density at radius 1 is 1.53 bits per heavy atom. The van der Waals surface area contributed by atoms with Gasteiger partial charge in [-0.25, -0.2) is 4.68 Å². The summed E-state index contributed by atoms with van der Waals surface area (Å²) in [5, 5.41) is 3.99. The van der Waals surface area contributed by atoms with Crippen LogP contribution < -0.4 is 16.0 Å². The molecule has 0 radical (unpaired) electrons. The fourth-order valence-electron chi connectivity index (χ4n) is 1.44. The highest BCUT2D eigenvalue weighted by molar-refractivity contribution is 5.75. The molecule has 7 heteroatoms. The summed E-state index contributed by atoms with van der Waals surface area (Å²) in [5.74, 6) is 0.451. The van der Waals surface area contributed by atoms with Gasteiger partial charge < -0.3 is 15.4 Å². The molecule has 0 aliphatic rings. The second kappa shape index (κ2) is 7.52. The number of carbonyl (C=O) groups is 1. The normalized spacial score (nSPS) is 10.3. The topological polar surface area (TPSA) is 90.4 Å². The third kappa shape index (κ3) is 5.09. The summed E-state index contributed by atoms with van der Waals surface area (Å²) in [4.78, 5) is 24.6. The van der Waals surface area contributed by atoms with Gasteiger partial charge in [0.2, 0.25) is 5.91 Å². The van der Waals surface area contributed by atoms with E-state index < -0.39 is 0 Å². The van der Waals surface area contributed by atoms with Gasteiger partial charge in [0.05, 0.1) is 6.20 Å². The molecule has 0 aliphatic heterocycles. The molecule has 1 amide bonds. The maximum atomic E-state index is 11.7. The molecular formula is C12H20N4O3. The van der Waals surface area contributed by atoms with Gasteiger partial charge in [-0.2, -0.15) is 5.10 Å². The van der Waals surface area contributed by atoms with E-state index in [4.69, 9.17) is 10.5 Å².